The first kappa shape index (κ1) is 12.5. The molecule has 0 bridgehead atoms. The number of halogens is 2. The zero-order valence-corrected chi connectivity index (χ0v) is 11.1. The minimum absolute atomic E-state index is 0.112. The number of hydrogen-bond donors (Lipinski definition) is 1. The molecule has 0 spiro atoms. The van der Waals surface area contributed by atoms with Crippen LogP contribution in [0.4, 0.5) is 4.39 Å². The molecule has 17 heavy (non-hydrogen) atoms. The van der Waals surface area contributed by atoms with E-state index < -0.39 is 5.82 Å². The van der Waals surface area contributed by atoms with Crippen LogP contribution >= 0.6 is 15.9 Å². The quantitative estimate of drug-likeness (QED) is 0.861. The van der Waals surface area contributed by atoms with Gasteiger partial charge in [0.25, 0.3) is 5.91 Å². The van der Waals surface area contributed by atoms with Crippen LogP contribution in [0.2, 0.25) is 0 Å². The summed E-state index contributed by atoms with van der Waals surface area (Å²) in [6.45, 7) is 4.21. The number of rotatable bonds is 1. The van der Waals surface area contributed by atoms with Gasteiger partial charge in [-0.05, 0) is 25.1 Å². The van der Waals surface area contributed by atoms with E-state index in [1.807, 2.05) is 6.92 Å². The third-order valence-corrected chi connectivity index (χ3v) is 3.33. The second-order valence-electron chi connectivity index (χ2n) is 4.21. The van der Waals surface area contributed by atoms with Crippen LogP contribution in [-0.2, 0) is 0 Å². The number of carbonyl (C=O) groups excluding carboxylic acids is 1. The van der Waals surface area contributed by atoms with Gasteiger partial charge in [-0.3, -0.25) is 4.79 Å². The third kappa shape index (κ3) is 2.84. The molecular formula is C12H14BrFN2O. The number of piperazine rings is 1. The summed E-state index contributed by atoms with van der Waals surface area (Å²) in [4.78, 5) is 14.0. The summed E-state index contributed by atoms with van der Waals surface area (Å²) in [6.07, 6.45) is 0. The van der Waals surface area contributed by atoms with Crippen molar-refractivity contribution in [2.75, 3.05) is 19.6 Å². The van der Waals surface area contributed by atoms with Crippen LogP contribution in [0.1, 0.15) is 17.3 Å². The number of benzene rings is 1. The zero-order valence-electron chi connectivity index (χ0n) is 9.54. The lowest BCUT2D eigenvalue weighted by Crippen LogP contribution is -2.52. The maximum Gasteiger partial charge on any atom is 0.254 e. The SMILES string of the molecule is C[C@@H]1CNCCN1C(=O)c1cc(F)cc(Br)c1. The second-order valence-corrected chi connectivity index (χ2v) is 5.13. The number of amides is 1. The van der Waals surface area contributed by atoms with Gasteiger partial charge >= 0.3 is 0 Å². The number of nitrogens with zero attached hydrogens (tertiary/aromatic N) is 1. The molecule has 0 saturated carbocycles. The molecule has 1 aliphatic heterocycles. The molecule has 1 N–H and O–H groups in total. The maximum atomic E-state index is 13.2. The van der Waals surface area contributed by atoms with Gasteiger partial charge < -0.3 is 10.2 Å². The maximum absolute atomic E-state index is 13.2. The van der Waals surface area contributed by atoms with Crippen molar-refractivity contribution in [3.63, 3.8) is 0 Å². The Hall–Kier alpha value is -0.940. The highest BCUT2D eigenvalue weighted by molar-refractivity contribution is 9.10. The lowest BCUT2D eigenvalue weighted by Gasteiger charge is -2.34. The van der Waals surface area contributed by atoms with Crippen LogP contribution in [0, 0.1) is 5.82 Å². The third-order valence-electron chi connectivity index (χ3n) is 2.87. The standard InChI is InChI=1S/C12H14BrFN2O/c1-8-7-15-2-3-16(8)12(17)9-4-10(13)6-11(14)5-9/h4-6,8,15H,2-3,7H2,1H3/t8-/m1/s1. The van der Waals surface area contributed by atoms with Crippen LogP contribution in [0.5, 0.6) is 0 Å². The summed E-state index contributed by atoms with van der Waals surface area (Å²) in [5.74, 6) is -0.510. The summed E-state index contributed by atoms with van der Waals surface area (Å²) in [6, 6.07) is 4.42. The molecule has 1 atom stereocenters. The first-order valence-electron chi connectivity index (χ1n) is 5.55. The van der Waals surface area contributed by atoms with Gasteiger partial charge in [0.05, 0.1) is 0 Å². The largest absolute Gasteiger partial charge is 0.333 e. The van der Waals surface area contributed by atoms with Gasteiger partial charge in [0.15, 0.2) is 0 Å². The van der Waals surface area contributed by atoms with E-state index in [-0.39, 0.29) is 11.9 Å². The minimum atomic E-state index is -0.398. The molecule has 0 aliphatic carbocycles. The van der Waals surface area contributed by atoms with Crippen molar-refractivity contribution in [1.29, 1.82) is 0 Å². The van der Waals surface area contributed by atoms with Crippen molar-refractivity contribution in [2.45, 2.75) is 13.0 Å². The molecule has 1 amide bonds. The van der Waals surface area contributed by atoms with Gasteiger partial charge in [-0.1, -0.05) is 15.9 Å². The normalized spacial score (nSPS) is 20.4. The average Bonchev–Trinajstić information content (AvgIpc) is 2.27. The highest BCUT2D eigenvalue weighted by Crippen LogP contribution is 2.17. The van der Waals surface area contributed by atoms with Gasteiger partial charge in [0, 0.05) is 35.7 Å². The molecule has 1 fully saturated rings. The first-order valence-corrected chi connectivity index (χ1v) is 6.35. The van der Waals surface area contributed by atoms with Crippen molar-refractivity contribution in [1.82, 2.24) is 10.2 Å². The van der Waals surface area contributed by atoms with Crippen molar-refractivity contribution < 1.29 is 9.18 Å². The molecule has 0 radical (unpaired) electrons. The molecule has 1 heterocycles. The molecule has 5 heteroatoms. The molecule has 2 rings (SSSR count). The Balaban J connectivity index is 2.23. The van der Waals surface area contributed by atoms with Gasteiger partial charge in [-0.25, -0.2) is 4.39 Å². The highest BCUT2D eigenvalue weighted by Gasteiger charge is 2.24. The molecule has 3 nitrogen and oxygen atoms in total. The molecule has 1 aliphatic rings. The van der Waals surface area contributed by atoms with E-state index in [0.29, 0.717) is 16.6 Å². The number of nitrogens with one attached hydrogen (secondary N) is 1. The second kappa shape index (κ2) is 5.14. The van der Waals surface area contributed by atoms with Crippen molar-refractivity contribution in [3.8, 4) is 0 Å². The number of carbonyl (C=O) groups is 1. The lowest BCUT2D eigenvalue weighted by atomic mass is 10.1. The summed E-state index contributed by atoms with van der Waals surface area (Å²) in [7, 11) is 0. The predicted molar refractivity (Wildman–Crippen MR) is 67.5 cm³/mol. The zero-order chi connectivity index (χ0) is 12.4. The number of hydrogen-bond acceptors (Lipinski definition) is 2. The predicted octanol–water partition coefficient (Wildman–Crippen LogP) is 2.02. The summed E-state index contributed by atoms with van der Waals surface area (Å²) in [5.41, 5.74) is 0.394. The minimum Gasteiger partial charge on any atom is -0.333 e. The molecule has 1 saturated heterocycles. The van der Waals surface area contributed by atoms with Crippen LogP contribution in [0.15, 0.2) is 22.7 Å². The van der Waals surface area contributed by atoms with E-state index in [2.05, 4.69) is 21.2 Å². The fourth-order valence-corrected chi connectivity index (χ4v) is 2.45. The van der Waals surface area contributed by atoms with Gasteiger partial charge in [-0.15, -0.1) is 0 Å². The Kier molecular flexibility index (Phi) is 3.79. The van der Waals surface area contributed by atoms with E-state index in [0.717, 1.165) is 13.1 Å². The van der Waals surface area contributed by atoms with Crippen LogP contribution in [0.25, 0.3) is 0 Å². The summed E-state index contributed by atoms with van der Waals surface area (Å²) >= 11 is 3.20. The Morgan fingerprint density at radius 1 is 1.53 bits per heavy atom. The average molecular weight is 301 g/mol. The van der Waals surface area contributed by atoms with Crippen molar-refractivity contribution >= 4 is 21.8 Å². The topological polar surface area (TPSA) is 32.3 Å². The van der Waals surface area contributed by atoms with Crippen molar-refractivity contribution in [2.24, 2.45) is 0 Å². The van der Waals surface area contributed by atoms with E-state index in [1.165, 1.54) is 12.1 Å². The first-order chi connectivity index (χ1) is 8.08. The Bertz CT molecular complexity index is 418. The Morgan fingerprint density at radius 2 is 2.29 bits per heavy atom. The van der Waals surface area contributed by atoms with Gasteiger partial charge in [-0.2, -0.15) is 0 Å². The Morgan fingerprint density at radius 3 is 2.94 bits per heavy atom. The van der Waals surface area contributed by atoms with Crippen molar-refractivity contribution in [3.05, 3.63) is 34.1 Å². The summed E-state index contributed by atoms with van der Waals surface area (Å²) in [5, 5.41) is 3.22. The monoisotopic (exact) mass is 300 g/mol. The van der Waals surface area contributed by atoms with Gasteiger partial charge in [0.2, 0.25) is 0 Å². The highest BCUT2D eigenvalue weighted by atomic mass is 79.9. The molecule has 0 unspecified atom stereocenters. The molecule has 92 valence electrons. The molecule has 1 aromatic carbocycles. The summed E-state index contributed by atoms with van der Waals surface area (Å²) < 4.78 is 13.8. The van der Waals surface area contributed by atoms with Crippen LogP contribution < -0.4 is 5.32 Å². The van der Waals surface area contributed by atoms with E-state index >= 15 is 0 Å². The fraction of sp³-hybridized carbons (Fsp3) is 0.417. The fourth-order valence-electron chi connectivity index (χ4n) is 1.99. The van der Waals surface area contributed by atoms with E-state index in [9.17, 15) is 9.18 Å². The molecule has 0 aromatic heterocycles. The lowest BCUT2D eigenvalue weighted by molar-refractivity contribution is 0.0655. The van der Waals surface area contributed by atoms with Crippen LogP contribution in [-0.4, -0.2) is 36.5 Å². The molecule has 1 aromatic rings. The van der Waals surface area contributed by atoms with E-state index in [1.54, 1.807) is 11.0 Å². The van der Waals surface area contributed by atoms with E-state index in [4.69, 9.17) is 0 Å². The van der Waals surface area contributed by atoms with Crippen LogP contribution in [0.3, 0.4) is 0 Å². The Labute approximate surface area is 108 Å². The smallest absolute Gasteiger partial charge is 0.254 e. The van der Waals surface area contributed by atoms with Gasteiger partial charge in [0.1, 0.15) is 5.82 Å². The molecular weight excluding hydrogens is 287 g/mol.